The lowest BCUT2D eigenvalue weighted by Gasteiger charge is -2.01. The molecule has 1 amide bonds. The Kier molecular flexibility index (Phi) is 3.03. The summed E-state index contributed by atoms with van der Waals surface area (Å²) in [7, 11) is 0. The van der Waals surface area contributed by atoms with Gasteiger partial charge in [-0.25, -0.2) is 4.98 Å². The fraction of sp³-hybridized carbons (Fsp3) is 0.333. The van der Waals surface area contributed by atoms with Crippen LogP contribution in [0.25, 0.3) is 0 Å². The summed E-state index contributed by atoms with van der Waals surface area (Å²) >= 11 is 2.10. The van der Waals surface area contributed by atoms with E-state index in [-0.39, 0.29) is 5.91 Å². The van der Waals surface area contributed by atoms with E-state index in [0.29, 0.717) is 12.2 Å². The van der Waals surface area contributed by atoms with Crippen LogP contribution in [0.3, 0.4) is 0 Å². The fourth-order valence-electron chi connectivity index (χ4n) is 1.37. The highest BCUT2D eigenvalue weighted by atomic mass is 127. The van der Waals surface area contributed by atoms with Gasteiger partial charge in [-0.2, -0.15) is 0 Å². The fourth-order valence-corrected chi connectivity index (χ4v) is 1.68. The number of anilines is 1. The van der Waals surface area contributed by atoms with Gasteiger partial charge in [0.05, 0.1) is 0 Å². The molecule has 0 aliphatic heterocycles. The molecule has 1 aromatic rings. The second-order valence-electron chi connectivity index (χ2n) is 3.55. The largest absolute Gasteiger partial charge is 0.310 e. The van der Waals surface area contributed by atoms with E-state index in [9.17, 15) is 14.9 Å². The number of amides is 1. The van der Waals surface area contributed by atoms with Crippen LogP contribution in [0.5, 0.6) is 0 Å². The molecule has 1 heterocycles. The van der Waals surface area contributed by atoms with Crippen molar-refractivity contribution in [2.45, 2.75) is 12.5 Å². The Balaban J connectivity index is 1.94. The Morgan fingerprint density at radius 1 is 1.62 bits per heavy atom. The highest BCUT2D eigenvalue weighted by molar-refractivity contribution is 14.1. The molecule has 1 aliphatic rings. The molecule has 1 aromatic heterocycles. The van der Waals surface area contributed by atoms with Gasteiger partial charge in [0.25, 0.3) is 0 Å². The number of nitrogens with zero attached hydrogens (tertiary/aromatic N) is 2. The number of carbonyl (C=O) groups excluding carboxylic acids is 1. The first-order chi connectivity index (χ1) is 7.58. The van der Waals surface area contributed by atoms with Gasteiger partial charge >= 0.3 is 0 Å². The summed E-state index contributed by atoms with van der Waals surface area (Å²) < 4.78 is 0.963. The molecule has 1 aliphatic carbocycles. The summed E-state index contributed by atoms with van der Waals surface area (Å²) in [6, 6.07) is 2.76. The molecule has 16 heavy (non-hydrogen) atoms. The van der Waals surface area contributed by atoms with Gasteiger partial charge in [-0.1, -0.05) is 0 Å². The molecule has 6 nitrogen and oxygen atoms in total. The number of hydrogen-bond donors (Lipinski definition) is 1. The van der Waals surface area contributed by atoms with E-state index in [1.807, 2.05) is 0 Å². The van der Waals surface area contributed by atoms with E-state index in [0.717, 1.165) is 3.57 Å². The summed E-state index contributed by atoms with van der Waals surface area (Å²) in [5.74, 6) is -0.397. The lowest BCUT2D eigenvalue weighted by Crippen LogP contribution is -2.19. The molecule has 0 saturated heterocycles. The Hall–Kier alpha value is -1.25. The molecule has 1 N–H and O–H groups in total. The number of nitrogens with one attached hydrogen (secondary N) is 1. The SMILES string of the molecule is O=C(Nc1ccc(I)cn1)C1CC1[N+](=O)[O-]. The number of aromatic nitrogens is 1. The zero-order chi connectivity index (χ0) is 11.7. The Bertz CT molecular complexity index is 434. The molecule has 0 bridgehead atoms. The molecule has 2 atom stereocenters. The number of halogens is 1. The predicted molar refractivity (Wildman–Crippen MR) is 64.5 cm³/mol. The maximum Gasteiger partial charge on any atom is 0.235 e. The van der Waals surface area contributed by atoms with Crippen LogP contribution in [0.2, 0.25) is 0 Å². The van der Waals surface area contributed by atoms with Gasteiger partial charge in [0.2, 0.25) is 11.9 Å². The normalized spacial score (nSPS) is 22.6. The second-order valence-corrected chi connectivity index (χ2v) is 4.79. The standard InChI is InChI=1S/C9H8IN3O3/c10-5-1-2-8(11-4-5)12-9(14)6-3-7(6)13(15)16/h1-2,4,6-7H,3H2,(H,11,12,14). The summed E-state index contributed by atoms with van der Waals surface area (Å²) in [5, 5.41) is 12.9. The van der Waals surface area contributed by atoms with E-state index < -0.39 is 16.9 Å². The molecular formula is C9H8IN3O3. The summed E-state index contributed by atoms with van der Waals surface area (Å²) in [6.07, 6.45) is 1.94. The van der Waals surface area contributed by atoms with Crippen molar-refractivity contribution in [3.8, 4) is 0 Å². The average molecular weight is 333 g/mol. The van der Waals surface area contributed by atoms with Gasteiger partial charge in [0.15, 0.2) is 0 Å². The molecular weight excluding hydrogens is 325 g/mol. The van der Waals surface area contributed by atoms with Crippen LogP contribution in [0.1, 0.15) is 6.42 Å². The second kappa shape index (κ2) is 4.32. The molecule has 84 valence electrons. The summed E-state index contributed by atoms with van der Waals surface area (Å²) in [4.78, 5) is 25.5. The number of hydrogen-bond acceptors (Lipinski definition) is 4. The van der Waals surface area contributed by atoms with Crippen LogP contribution < -0.4 is 5.32 Å². The van der Waals surface area contributed by atoms with E-state index in [4.69, 9.17) is 0 Å². The molecule has 0 radical (unpaired) electrons. The van der Waals surface area contributed by atoms with Gasteiger partial charge in [0, 0.05) is 21.1 Å². The zero-order valence-corrected chi connectivity index (χ0v) is 10.2. The lowest BCUT2D eigenvalue weighted by atomic mass is 10.3. The molecule has 2 rings (SSSR count). The van der Waals surface area contributed by atoms with Crippen molar-refractivity contribution >= 4 is 34.3 Å². The van der Waals surface area contributed by atoms with Crippen LogP contribution in [0.4, 0.5) is 5.82 Å². The van der Waals surface area contributed by atoms with Crippen LogP contribution in [0, 0.1) is 19.6 Å². The molecule has 1 fully saturated rings. The first kappa shape index (κ1) is 11.2. The van der Waals surface area contributed by atoms with Gasteiger partial charge in [-0.15, -0.1) is 0 Å². The van der Waals surface area contributed by atoms with Crippen molar-refractivity contribution in [3.05, 3.63) is 32.0 Å². The zero-order valence-electron chi connectivity index (χ0n) is 8.09. The van der Waals surface area contributed by atoms with E-state index in [1.54, 1.807) is 18.3 Å². The third-order valence-corrected chi connectivity index (χ3v) is 2.98. The van der Waals surface area contributed by atoms with Crippen LogP contribution in [-0.2, 0) is 4.79 Å². The number of rotatable bonds is 3. The Morgan fingerprint density at radius 3 is 2.88 bits per heavy atom. The minimum Gasteiger partial charge on any atom is -0.310 e. The maximum atomic E-state index is 11.5. The quantitative estimate of drug-likeness (QED) is 0.513. The third kappa shape index (κ3) is 2.46. The highest BCUT2D eigenvalue weighted by Crippen LogP contribution is 2.33. The monoisotopic (exact) mass is 333 g/mol. The topological polar surface area (TPSA) is 85.1 Å². The van der Waals surface area contributed by atoms with Crippen molar-refractivity contribution in [2.75, 3.05) is 5.32 Å². The van der Waals surface area contributed by atoms with Crippen molar-refractivity contribution < 1.29 is 9.72 Å². The lowest BCUT2D eigenvalue weighted by molar-refractivity contribution is -0.497. The summed E-state index contributed by atoms with van der Waals surface area (Å²) in [5.41, 5.74) is 0. The molecule has 1 saturated carbocycles. The number of carbonyl (C=O) groups is 1. The Labute approximate surface area is 105 Å². The third-order valence-electron chi connectivity index (χ3n) is 2.34. The minimum absolute atomic E-state index is 0.323. The van der Waals surface area contributed by atoms with Gasteiger partial charge in [-0.3, -0.25) is 14.9 Å². The number of nitro groups is 1. The van der Waals surface area contributed by atoms with E-state index >= 15 is 0 Å². The van der Waals surface area contributed by atoms with Crippen LogP contribution in [0.15, 0.2) is 18.3 Å². The van der Waals surface area contributed by atoms with Crippen molar-refractivity contribution in [2.24, 2.45) is 5.92 Å². The van der Waals surface area contributed by atoms with Gasteiger partial charge < -0.3 is 5.32 Å². The molecule has 7 heteroatoms. The average Bonchev–Trinajstić information content (AvgIpc) is 3.01. The van der Waals surface area contributed by atoms with Crippen LogP contribution >= 0.6 is 22.6 Å². The van der Waals surface area contributed by atoms with Crippen LogP contribution in [-0.4, -0.2) is 21.9 Å². The number of pyridine rings is 1. The van der Waals surface area contributed by atoms with Gasteiger partial charge in [-0.05, 0) is 34.7 Å². The van der Waals surface area contributed by atoms with E-state index in [1.165, 1.54) is 0 Å². The summed E-state index contributed by atoms with van der Waals surface area (Å²) in [6.45, 7) is 0. The minimum atomic E-state index is -0.719. The Morgan fingerprint density at radius 2 is 2.38 bits per heavy atom. The van der Waals surface area contributed by atoms with Crippen molar-refractivity contribution in [1.82, 2.24) is 4.98 Å². The molecule has 0 aromatic carbocycles. The van der Waals surface area contributed by atoms with Crippen molar-refractivity contribution in [1.29, 1.82) is 0 Å². The molecule has 2 unspecified atom stereocenters. The molecule has 0 spiro atoms. The first-order valence-corrected chi connectivity index (χ1v) is 5.71. The highest BCUT2D eigenvalue weighted by Gasteiger charge is 2.53. The smallest absolute Gasteiger partial charge is 0.235 e. The maximum absolute atomic E-state index is 11.5. The van der Waals surface area contributed by atoms with Gasteiger partial charge in [0.1, 0.15) is 11.7 Å². The van der Waals surface area contributed by atoms with E-state index in [2.05, 4.69) is 32.9 Å². The predicted octanol–water partition coefficient (Wildman–Crippen LogP) is 1.29. The van der Waals surface area contributed by atoms with Crippen molar-refractivity contribution in [3.63, 3.8) is 0 Å². The first-order valence-electron chi connectivity index (χ1n) is 4.64.